The molecule has 0 radical (unpaired) electrons. The van der Waals surface area contributed by atoms with E-state index in [4.69, 9.17) is 0 Å². The van der Waals surface area contributed by atoms with Crippen LogP contribution in [0.25, 0.3) is 0 Å². The van der Waals surface area contributed by atoms with Gasteiger partial charge in [-0.3, -0.25) is 9.59 Å². The SMILES string of the molecule is CC(C)C(=O)C(c1ccccc1)C1(C(=O)O)CCCN1. The number of rotatable bonds is 5. The van der Waals surface area contributed by atoms with Gasteiger partial charge < -0.3 is 10.4 Å². The minimum absolute atomic E-state index is 0.0204. The molecule has 4 heteroatoms. The van der Waals surface area contributed by atoms with Crippen LogP contribution in [0, 0.1) is 5.92 Å². The van der Waals surface area contributed by atoms with Gasteiger partial charge in [-0.15, -0.1) is 0 Å². The minimum atomic E-state index is -1.16. The van der Waals surface area contributed by atoms with Crippen molar-refractivity contribution in [3.8, 4) is 0 Å². The van der Waals surface area contributed by atoms with Crippen LogP contribution in [-0.2, 0) is 9.59 Å². The van der Waals surface area contributed by atoms with Gasteiger partial charge in [0.25, 0.3) is 0 Å². The fourth-order valence-corrected chi connectivity index (χ4v) is 2.99. The normalized spacial score (nSPS) is 23.8. The maximum atomic E-state index is 12.6. The molecule has 1 aromatic rings. The number of hydrogen-bond donors (Lipinski definition) is 2. The second-order valence-corrected chi connectivity index (χ2v) is 5.71. The predicted molar refractivity (Wildman–Crippen MR) is 76.6 cm³/mol. The topological polar surface area (TPSA) is 66.4 Å². The molecule has 0 amide bonds. The molecule has 0 spiro atoms. The Kier molecular flexibility index (Phi) is 4.23. The summed E-state index contributed by atoms with van der Waals surface area (Å²) < 4.78 is 0. The molecule has 0 bridgehead atoms. The maximum Gasteiger partial charge on any atom is 0.325 e. The summed E-state index contributed by atoms with van der Waals surface area (Å²) in [5, 5.41) is 12.8. The molecule has 1 aliphatic heterocycles. The molecule has 1 aromatic carbocycles. The first-order valence-corrected chi connectivity index (χ1v) is 7.06. The first-order valence-electron chi connectivity index (χ1n) is 7.06. The number of aliphatic carboxylic acids is 1. The van der Waals surface area contributed by atoms with Gasteiger partial charge in [-0.05, 0) is 24.9 Å². The van der Waals surface area contributed by atoms with Gasteiger partial charge in [0.2, 0.25) is 0 Å². The molecule has 1 heterocycles. The molecule has 0 saturated carbocycles. The smallest absolute Gasteiger partial charge is 0.325 e. The van der Waals surface area contributed by atoms with Crippen LogP contribution >= 0.6 is 0 Å². The van der Waals surface area contributed by atoms with E-state index in [-0.39, 0.29) is 11.7 Å². The summed E-state index contributed by atoms with van der Waals surface area (Å²) in [6.07, 6.45) is 1.27. The van der Waals surface area contributed by atoms with Crippen molar-refractivity contribution in [2.75, 3.05) is 6.54 Å². The zero-order valence-corrected chi connectivity index (χ0v) is 11.9. The van der Waals surface area contributed by atoms with Gasteiger partial charge in [0.15, 0.2) is 0 Å². The lowest BCUT2D eigenvalue weighted by Gasteiger charge is -2.34. The summed E-state index contributed by atoms with van der Waals surface area (Å²) >= 11 is 0. The quantitative estimate of drug-likeness (QED) is 0.864. The largest absolute Gasteiger partial charge is 0.480 e. The first-order chi connectivity index (χ1) is 9.49. The van der Waals surface area contributed by atoms with Crippen molar-refractivity contribution in [2.45, 2.75) is 38.1 Å². The Labute approximate surface area is 119 Å². The van der Waals surface area contributed by atoms with Crippen LogP contribution in [0.4, 0.5) is 0 Å². The third-order valence-electron chi connectivity index (χ3n) is 4.05. The van der Waals surface area contributed by atoms with E-state index in [0.29, 0.717) is 13.0 Å². The van der Waals surface area contributed by atoms with E-state index < -0.39 is 17.4 Å². The lowest BCUT2D eigenvalue weighted by atomic mass is 9.73. The first kappa shape index (κ1) is 14.7. The molecule has 0 aromatic heterocycles. The summed E-state index contributed by atoms with van der Waals surface area (Å²) in [6, 6.07) is 9.25. The third kappa shape index (κ3) is 2.48. The number of hydrogen-bond acceptors (Lipinski definition) is 3. The standard InChI is InChI=1S/C16H21NO3/c1-11(2)14(18)13(12-7-4-3-5-8-12)16(15(19)20)9-6-10-17-16/h3-5,7-8,11,13,17H,6,9-10H2,1-2H3,(H,19,20). The van der Waals surface area contributed by atoms with Crippen LogP contribution in [0.5, 0.6) is 0 Å². The number of ketones is 1. The second-order valence-electron chi connectivity index (χ2n) is 5.71. The lowest BCUT2D eigenvalue weighted by molar-refractivity contribution is -0.148. The molecule has 0 aliphatic carbocycles. The summed E-state index contributed by atoms with van der Waals surface area (Å²) in [5.41, 5.74) is -0.383. The van der Waals surface area contributed by atoms with Crippen LogP contribution in [0.1, 0.15) is 38.2 Å². The average molecular weight is 275 g/mol. The van der Waals surface area contributed by atoms with Crippen molar-refractivity contribution in [3.05, 3.63) is 35.9 Å². The summed E-state index contributed by atoms with van der Waals surface area (Å²) in [4.78, 5) is 24.5. The lowest BCUT2D eigenvalue weighted by Crippen LogP contribution is -2.55. The zero-order valence-electron chi connectivity index (χ0n) is 11.9. The van der Waals surface area contributed by atoms with Gasteiger partial charge in [0.05, 0.1) is 5.92 Å². The van der Waals surface area contributed by atoms with Crippen LogP contribution in [0.2, 0.25) is 0 Å². The summed E-state index contributed by atoms with van der Waals surface area (Å²) in [5.74, 6) is -1.78. The molecule has 108 valence electrons. The Balaban J connectivity index is 2.51. The van der Waals surface area contributed by atoms with Crippen molar-refractivity contribution < 1.29 is 14.7 Å². The van der Waals surface area contributed by atoms with Gasteiger partial charge in [-0.2, -0.15) is 0 Å². The average Bonchev–Trinajstić information content (AvgIpc) is 2.90. The number of benzene rings is 1. The highest BCUT2D eigenvalue weighted by atomic mass is 16.4. The number of carboxylic acids is 1. The number of carbonyl (C=O) groups is 2. The van der Waals surface area contributed by atoms with Gasteiger partial charge in [0.1, 0.15) is 11.3 Å². The fraction of sp³-hybridized carbons (Fsp3) is 0.500. The minimum Gasteiger partial charge on any atom is -0.480 e. The van der Waals surface area contributed by atoms with E-state index in [9.17, 15) is 14.7 Å². The number of Topliss-reactive ketones (excluding diaryl/α,β-unsaturated/α-hetero) is 1. The predicted octanol–water partition coefficient (Wildman–Crippen LogP) is 2.20. The number of carbonyl (C=O) groups excluding carboxylic acids is 1. The van der Waals surface area contributed by atoms with E-state index >= 15 is 0 Å². The number of carboxylic acid groups (broad SMARTS) is 1. The van der Waals surface area contributed by atoms with E-state index in [1.165, 1.54) is 0 Å². The van der Waals surface area contributed by atoms with Gasteiger partial charge in [-0.25, -0.2) is 0 Å². The Morgan fingerprint density at radius 2 is 1.90 bits per heavy atom. The van der Waals surface area contributed by atoms with E-state index in [2.05, 4.69) is 5.32 Å². The van der Waals surface area contributed by atoms with Crippen LogP contribution < -0.4 is 5.32 Å². The molecule has 20 heavy (non-hydrogen) atoms. The van der Waals surface area contributed by atoms with Gasteiger partial charge in [0, 0.05) is 5.92 Å². The number of nitrogens with one attached hydrogen (secondary N) is 1. The van der Waals surface area contributed by atoms with Crippen molar-refractivity contribution >= 4 is 11.8 Å². The van der Waals surface area contributed by atoms with Gasteiger partial charge in [-0.1, -0.05) is 44.2 Å². The van der Waals surface area contributed by atoms with Gasteiger partial charge >= 0.3 is 5.97 Å². The highest BCUT2D eigenvalue weighted by Gasteiger charge is 2.51. The fourth-order valence-electron chi connectivity index (χ4n) is 2.99. The Bertz CT molecular complexity index is 490. The van der Waals surface area contributed by atoms with E-state index in [1.54, 1.807) is 0 Å². The third-order valence-corrected chi connectivity index (χ3v) is 4.05. The molecule has 2 N–H and O–H groups in total. The molecule has 2 atom stereocenters. The summed E-state index contributed by atoms with van der Waals surface area (Å²) in [6.45, 7) is 4.28. The second kappa shape index (κ2) is 5.75. The monoisotopic (exact) mass is 275 g/mol. The molecule has 1 saturated heterocycles. The van der Waals surface area contributed by atoms with Crippen LogP contribution in [0.3, 0.4) is 0 Å². The van der Waals surface area contributed by atoms with Crippen LogP contribution in [0.15, 0.2) is 30.3 Å². The summed E-state index contributed by atoms with van der Waals surface area (Å²) in [7, 11) is 0. The Morgan fingerprint density at radius 1 is 1.25 bits per heavy atom. The molecule has 1 aliphatic rings. The maximum absolute atomic E-state index is 12.6. The highest BCUT2D eigenvalue weighted by Crippen LogP contribution is 2.38. The van der Waals surface area contributed by atoms with E-state index in [1.807, 2.05) is 44.2 Å². The molecular formula is C16H21NO3. The molecule has 2 unspecified atom stereocenters. The Morgan fingerprint density at radius 3 is 2.35 bits per heavy atom. The molecule has 2 rings (SSSR count). The Hall–Kier alpha value is -1.68. The van der Waals surface area contributed by atoms with E-state index in [0.717, 1.165) is 12.0 Å². The van der Waals surface area contributed by atoms with Crippen molar-refractivity contribution in [3.63, 3.8) is 0 Å². The van der Waals surface area contributed by atoms with Crippen molar-refractivity contribution in [1.82, 2.24) is 5.32 Å². The molecular weight excluding hydrogens is 254 g/mol. The zero-order chi connectivity index (χ0) is 14.8. The van der Waals surface area contributed by atoms with Crippen LogP contribution in [-0.4, -0.2) is 28.9 Å². The highest BCUT2D eigenvalue weighted by molar-refractivity contribution is 5.96. The molecule has 4 nitrogen and oxygen atoms in total. The molecule has 1 fully saturated rings. The van der Waals surface area contributed by atoms with Crippen molar-refractivity contribution in [2.24, 2.45) is 5.92 Å². The van der Waals surface area contributed by atoms with Crippen molar-refractivity contribution in [1.29, 1.82) is 0 Å².